The molecule has 1 saturated heterocycles. The second-order valence-corrected chi connectivity index (χ2v) is 7.73. The van der Waals surface area contributed by atoms with Crippen LogP contribution in [-0.2, 0) is 14.3 Å². The van der Waals surface area contributed by atoms with Crippen LogP contribution in [0.4, 0.5) is 0 Å². The smallest absolute Gasteiger partial charge is 0.338 e. The lowest BCUT2D eigenvalue weighted by Crippen LogP contribution is -2.30. The molecule has 6 nitrogen and oxygen atoms in total. The van der Waals surface area contributed by atoms with Crippen molar-refractivity contribution in [1.82, 2.24) is 5.32 Å². The van der Waals surface area contributed by atoms with Crippen LogP contribution in [-0.4, -0.2) is 50.1 Å². The maximum atomic E-state index is 12.1. The minimum atomic E-state index is -0.538. The number of amides is 1. The molecule has 0 aliphatic carbocycles. The molecule has 154 valence electrons. The molecule has 1 atom stereocenters. The number of esters is 1. The third-order valence-electron chi connectivity index (χ3n) is 4.32. The standard InChI is InChI=1S/C22H25NO5S/c24-21(23-12-14-29-20-6-2-1-3-7-20)16-28-22(25)17-8-10-18(11-9-17)27-15-19-5-4-13-26-19/h1-3,6-11,19H,4-5,12-16H2,(H,23,24)/t19-/m1/s1. The van der Waals surface area contributed by atoms with Crippen molar-refractivity contribution < 1.29 is 23.8 Å². The van der Waals surface area contributed by atoms with Crippen LogP contribution in [0.2, 0.25) is 0 Å². The van der Waals surface area contributed by atoms with Gasteiger partial charge in [0.05, 0.1) is 11.7 Å². The quantitative estimate of drug-likeness (QED) is 0.365. The maximum absolute atomic E-state index is 12.1. The monoisotopic (exact) mass is 415 g/mol. The van der Waals surface area contributed by atoms with Gasteiger partial charge in [0, 0.05) is 23.8 Å². The van der Waals surface area contributed by atoms with E-state index in [9.17, 15) is 9.59 Å². The number of rotatable bonds is 10. The van der Waals surface area contributed by atoms with E-state index < -0.39 is 5.97 Å². The van der Waals surface area contributed by atoms with Gasteiger partial charge in [-0.25, -0.2) is 4.79 Å². The first-order valence-corrected chi connectivity index (χ1v) is 10.7. The first-order chi connectivity index (χ1) is 14.2. The SMILES string of the molecule is O=C(COC(=O)c1ccc(OC[C@H]2CCCO2)cc1)NCCSc1ccccc1. The Labute approximate surface area is 174 Å². The van der Waals surface area contributed by atoms with Crippen LogP contribution in [0.25, 0.3) is 0 Å². The zero-order valence-electron chi connectivity index (χ0n) is 16.2. The molecule has 1 heterocycles. The average Bonchev–Trinajstić information content (AvgIpc) is 3.28. The summed E-state index contributed by atoms with van der Waals surface area (Å²) in [5.74, 6) is 0.565. The number of carbonyl (C=O) groups excluding carboxylic acids is 2. The summed E-state index contributed by atoms with van der Waals surface area (Å²) in [7, 11) is 0. The summed E-state index contributed by atoms with van der Waals surface area (Å²) in [5, 5.41) is 2.74. The summed E-state index contributed by atoms with van der Waals surface area (Å²) in [6, 6.07) is 16.6. The van der Waals surface area contributed by atoms with Crippen LogP contribution < -0.4 is 10.1 Å². The topological polar surface area (TPSA) is 73.9 Å². The number of nitrogens with one attached hydrogen (secondary N) is 1. The fourth-order valence-corrected chi connectivity index (χ4v) is 3.58. The van der Waals surface area contributed by atoms with Gasteiger partial charge in [-0.05, 0) is 49.2 Å². The molecule has 0 saturated carbocycles. The summed E-state index contributed by atoms with van der Waals surface area (Å²) in [4.78, 5) is 25.1. The van der Waals surface area contributed by atoms with E-state index in [1.54, 1.807) is 36.0 Å². The molecule has 7 heteroatoms. The molecular weight excluding hydrogens is 390 g/mol. The summed E-state index contributed by atoms with van der Waals surface area (Å²) in [5.41, 5.74) is 0.377. The van der Waals surface area contributed by atoms with Gasteiger partial charge >= 0.3 is 5.97 Å². The van der Waals surface area contributed by atoms with Crippen LogP contribution >= 0.6 is 11.8 Å². The van der Waals surface area contributed by atoms with Crippen molar-refractivity contribution in [3.63, 3.8) is 0 Å². The van der Waals surface area contributed by atoms with Gasteiger partial charge in [-0.1, -0.05) is 18.2 Å². The van der Waals surface area contributed by atoms with E-state index in [2.05, 4.69) is 5.32 Å². The molecule has 1 N–H and O–H groups in total. The molecule has 1 amide bonds. The van der Waals surface area contributed by atoms with Gasteiger partial charge in [0.25, 0.3) is 5.91 Å². The summed E-state index contributed by atoms with van der Waals surface area (Å²) >= 11 is 1.65. The third kappa shape index (κ3) is 7.44. The van der Waals surface area contributed by atoms with Gasteiger partial charge in [-0.2, -0.15) is 0 Å². The second-order valence-electron chi connectivity index (χ2n) is 6.56. The van der Waals surface area contributed by atoms with E-state index in [0.717, 1.165) is 30.1 Å². The molecule has 0 aromatic heterocycles. The number of hydrogen-bond acceptors (Lipinski definition) is 6. The van der Waals surface area contributed by atoms with Crippen LogP contribution in [0.15, 0.2) is 59.5 Å². The summed E-state index contributed by atoms with van der Waals surface area (Å²) in [6.45, 7) is 1.50. The normalized spacial score (nSPS) is 15.7. The lowest BCUT2D eigenvalue weighted by Gasteiger charge is -2.11. The molecule has 2 aromatic rings. The minimum absolute atomic E-state index is 0.143. The van der Waals surface area contributed by atoms with Crippen LogP contribution in [0.3, 0.4) is 0 Å². The molecule has 1 fully saturated rings. The van der Waals surface area contributed by atoms with Gasteiger partial charge < -0.3 is 19.5 Å². The Kier molecular flexibility index (Phi) is 8.40. The third-order valence-corrected chi connectivity index (χ3v) is 5.33. The lowest BCUT2D eigenvalue weighted by molar-refractivity contribution is -0.124. The highest BCUT2D eigenvalue weighted by atomic mass is 32.2. The molecule has 0 unspecified atom stereocenters. The molecule has 1 aliphatic rings. The Hall–Kier alpha value is -2.51. The van der Waals surface area contributed by atoms with Crippen molar-refractivity contribution in [2.45, 2.75) is 23.8 Å². The van der Waals surface area contributed by atoms with Crippen molar-refractivity contribution in [2.75, 3.05) is 32.1 Å². The molecule has 0 spiro atoms. The van der Waals surface area contributed by atoms with Crippen molar-refractivity contribution in [1.29, 1.82) is 0 Å². The predicted molar refractivity (Wildman–Crippen MR) is 111 cm³/mol. The van der Waals surface area contributed by atoms with Crippen molar-refractivity contribution in [3.05, 3.63) is 60.2 Å². The Bertz CT molecular complexity index is 776. The van der Waals surface area contributed by atoms with Gasteiger partial charge in [-0.15, -0.1) is 11.8 Å². The lowest BCUT2D eigenvalue weighted by atomic mass is 10.2. The highest BCUT2D eigenvalue weighted by Gasteiger charge is 2.16. The largest absolute Gasteiger partial charge is 0.491 e. The van der Waals surface area contributed by atoms with Crippen molar-refractivity contribution in [2.24, 2.45) is 0 Å². The Morgan fingerprint density at radius 1 is 1.10 bits per heavy atom. The maximum Gasteiger partial charge on any atom is 0.338 e. The highest BCUT2D eigenvalue weighted by Crippen LogP contribution is 2.17. The van der Waals surface area contributed by atoms with E-state index in [0.29, 0.717) is 24.5 Å². The number of ether oxygens (including phenoxy) is 3. The van der Waals surface area contributed by atoms with E-state index in [4.69, 9.17) is 14.2 Å². The fourth-order valence-electron chi connectivity index (χ4n) is 2.79. The Morgan fingerprint density at radius 3 is 2.62 bits per heavy atom. The Balaban J connectivity index is 1.31. The van der Waals surface area contributed by atoms with E-state index in [1.165, 1.54) is 0 Å². The van der Waals surface area contributed by atoms with Gasteiger partial charge in [0.2, 0.25) is 0 Å². The van der Waals surface area contributed by atoms with Gasteiger partial charge in [0.15, 0.2) is 6.61 Å². The van der Waals surface area contributed by atoms with E-state index in [-0.39, 0.29) is 18.6 Å². The second kappa shape index (κ2) is 11.5. The Morgan fingerprint density at radius 2 is 1.90 bits per heavy atom. The minimum Gasteiger partial charge on any atom is -0.491 e. The molecule has 0 bridgehead atoms. The molecular formula is C22H25NO5S. The number of thioether (sulfide) groups is 1. The average molecular weight is 416 g/mol. The van der Waals surface area contributed by atoms with Crippen LogP contribution in [0.1, 0.15) is 23.2 Å². The van der Waals surface area contributed by atoms with E-state index in [1.807, 2.05) is 30.3 Å². The molecule has 29 heavy (non-hydrogen) atoms. The first kappa shape index (κ1) is 21.2. The van der Waals surface area contributed by atoms with Gasteiger partial charge in [0.1, 0.15) is 12.4 Å². The van der Waals surface area contributed by atoms with Crippen LogP contribution in [0, 0.1) is 0 Å². The molecule has 1 aliphatic heterocycles. The number of benzene rings is 2. The zero-order valence-corrected chi connectivity index (χ0v) is 17.0. The fraction of sp³-hybridized carbons (Fsp3) is 0.364. The summed E-state index contributed by atoms with van der Waals surface area (Å²) in [6.07, 6.45) is 2.22. The van der Waals surface area contributed by atoms with Crippen LogP contribution in [0.5, 0.6) is 5.75 Å². The molecule has 0 radical (unpaired) electrons. The first-order valence-electron chi connectivity index (χ1n) is 9.67. The molecule has 3 rings (SSSR count). The number of hydrogen-bond donors (Lipinski definition) is 1. The van der Waals surface area contributed by atoms with Crippen molar-refractivity contribution >= 4 is 23.6 Å². The summed E-state index contributed by atoms with van der Waals surface area (Å²) < 4.78 is 16.2. The van der Waals surface area contributed by atoms with Crippen molar-refractivity contribution in [3.8, 4) is 5.75 Å². The zero-order chi connectivity index (χ0) is 20.3. The number of carbonyl (C=O) groups is 2. The molecule has 2 aromatic carbocycles. The van der Waals surface area contributed by atoms with E-state index >= 15 is 0 Å². The van der Waals surface area contributed by atoms with Gasteiger partial charge in [-0.3, -0.25) is 4.79 Å². The predicted octanol–water partition coefficient (Wildman–Crippen LogP) is 3.31. The highest BCUT2D eigenvalue weighted by molar-refractivity contribution is 7.99.